The van der Waals surface area contributed by atoms with Gasteiger partial charge in [0.2, 0.25) is 0 Å². The average molecular weight is 404 g/mol. The van der Waals surface area contributed by atoms with E-state index in [1.807, 2.05) is 38.1 Å². The zero-order valence-corrected chi connectivity index (χ0v) is 17.7. The van der Waals surface area contributed by atoms with Crippen molar-refractivity contribution in [1.29, 1.82) is 0 Å². The van der Waals surface area contributed by atoms with Crippen molar-refractivity contribution >= 4 is 18.0 Å². The third-order valence-electron chi connectivity index (χ3n) is 5.06. The van der Waals surface area contributed by atoms with Crippen molar-refractivity contribution in [2.75, 3.05) is 32.8 Å². The topological polar surface area (TPSA) is 100 Å². The number of nitrogens with zero attached hydrogens (tertiary/aromatic N) is 3. The summed E-state index contributed by atoms with van der Waals surface area (Å²) in [6, 6.07) is 7.68. The van der Waals surface area contributed by atoms with E-state index < -0.39 is 0 Å². The predicted octanol–water partition coefficient (Wildman–Crippen LogP) is 2.19. The molecular formula is C21H33N5O3. The molecule has 0 aliphatic carbocycles. The van der Waals surface area contributed by atoms with E-state index in [1.165, 1.54) is 0 Å². The first kappa shape index (κ1) is 22.5. The highest BCUT2D eigenvalue weighted by Crippen LogP contribution is 2.12. The van der Waals surface area contributed by atoms with Gasteiger partial charge in [0, 0.05) is 37.8 Å². The molecule has 0 spiro atoms. The van der Waals surface area contributed by atoms with E-state index in [9.17, 15) is 9.59 Å². The second-order valence-corrected chi connectivity index (χ2v) is 6.98. The number of benzene rings is 1. The average Bonchev–Trinajstić information content (AvgIpc) is 2.74. The standard InChI is InChI=1S/C21H33N5O3/c1-4-25(5-2)19(27)17-9-7-16(8-10-17)15-23-20(22)24-18-11-13-26(14-12-18)21(28)29-6-3/h7-10,18H,4-6,11-15H2,1-3H3,(H3,22,23,24). The van der Waals surface area contributed by atoms with Gasteiger partial charge in [0.15, 0.2) is 5.96 Å². The Kier molecular flexibility index (Phi) is 8.76. The smallest absolute Gasteiger partial charge is 0.409 e. The van der Waals surface area contributed by atoms with Crippen LogP contribution in [0.3, 0.4) is 0 Å². The predicted molar refractivity (Wildman–Crippen MR) is 114 cm³/mol. The number of piperidine rings is 1. The highest BCUT2D eigenvalue weighted by atomic mass is 16.6. The Morgan fingerprint density at radius 1 is 1.17 bits per heavy atom. The fourth-order valence-corrected chi connectivity index (χ4v) is 3.30. The van der Waals surface area contributed by atoms with Crippen LogP contribution in [-0.4, -0.2) is 66.6 Å². The van der Waals surface area contributed by atoms with Crippen molar-refractivity contribution in [2.45, 2.75) is 46.2 Å². The van der Waals surface area contributed by atoms with Gasteiger partial charge in [-0.15, -0.1) is 0 Å². The summed E-state index contributed by atoms with van der Waals surface area (Å²) in [4.78, 5) is 32.0. The molecule has 8 nitrogen and oxygen atoms in total. The van der Waals surface area contributed by atoms with Crippen molar-refractivity contribution in [2.24, 2.45) is 10.7 Å². The van der Waals surface area contributed by atoms with Crippen LogP contribution < -0.4 is 11.1 Å². The molecule has 0 radical (unpaired) electrons. The van der Waals surface area contributed by atoms with Crippen LogP contribution in [0.4, 0.5) is 4.79 Å². The van der Waals surface area contributed by atoms with Crippen molar-refractivity contribution in [1.82, 2.24) is 15.1 Å². The van der Waals surface area contributed by atoms with E-state index in [1.54, 1.807) is 16.7 Å². The Bertz CT molecular complexity index is 693. The molecule has 29 heavy (non-hydrogen) atoms. The Morgan fingerprint density at radius 2 is 1.79 bits per heavy atom. The summed E-state index contributed by atoms with van der Waals surface area (Å²) in [5, 5.41) is 3.23. The molecule has 0 unspecified atom stereocenters. The molecule has 0 atom stereocenters. The molecule has 1 fully saturated rings. The zero-order chi connectivity index (χ0) is 21.2. The number of nitrogens with one attached hydrogen (secondary N) is 1. The quantitative estimate of drug-likeness (QED) is 0.537. The van der Waals surface area contributed by atoms with E-state index in [0.29, 0.717) is 50.9 Å². The number of aliphatic imine (C=N–C) groups is 1. The highest BCUT2D eigenvalue weighted by molar-refractivity contribution is 5.94. The maximum atomic E-state index is 12.3. The van der Waals surface area contributed by atoms with Crippen LogP contribution in [-0.2, 0) is 11.3 Å². The van der Waals surface area contributed by atoms with Gasteiger partial charge in [-0.3, -0.25) is 4.79 Å². The highest BCUT2D eigenvalue weighted by Gasteiger charge is 2.23. The minimum absolute atomic E-state index is 0.0420. The third kappa shape index (κ3) is 6.66. The van der Waals surface area contributed by atoms with Gasteiger partial charge >= 0.3 is 6.09 Å². The molecule has 1 saturated heterocycles. The number of likely N-dealkylation sites (tertiary alicyclic amines) is 1. The summed E-state index contributed by atoms with van der Waals surface area (Å²) >= 11 is 0. The first-order valence-electron chi connectivity index (χ1n) is 10.3. The van der Waals surface area contributed by atoms with Gasteiger partial charge in [-0.1, -0.05) is 12.1 Å². The molecule has 1 aromatic rings. The number of nitrogens with two attached hydrogens (primary N) is 1. The van der Waals surface area contributed by atoms with Crippen molar-refractivity contribution in [3.8, 4) is 0 Å². The fourth-order valence-electron chi connectivity index (χ4n) is 3.30. The monoisotopic (exact) mass is 403 g/mol. The fraction of sp³-hybridized carbons (Fsp3) is 0.571. The van der Waals surface area contributed by atoms with E-state index in [-0.39, 0.29) is 18.0 Å². The summed E-state index contributed by atoms with van der Waals surface area (Å²) in [6.07, 6.45) is 1.35. The van der Waals surface area contributed by atoms with E-state index >= 15 is 0 Å². The third-order valence-corrected chi connectivity index (χ3v) is 5.06. The molecule has 1 heterocycles. The molecular weight excluding hydrogens is 370 g/mol. The molecule has 160 valence electrons. The van der Waals surface area contributed by atoms with E-state index in [4.69, 9.17) is 10.5 Å². The Labute approximate surface area is 173 Å². The lowest BCUT2D eigenvalue weighted by Gasteiger charge is -2.31. The molecule has 0 aromatic heterocycles. The number of hydrogen-bond acceptors (Lipinski definition) is 4. The van der Waals surface area contributed by atoms with Crippen LogP contribution in [0.25, 0.3) is 0 Å². The number of ether oxygens (including phenoxy) is 1. The summed E-state index contributed by atoms with van der Waals surface area (Å²) < 4.78 is 5.03. The molecule has 1 aliphatic rings. The molecule has 2 rings (SSSR count). The minimum atomic E-state index is -0.254. The molecule has 1 aliphatic heterocycles. The van der Waals surface area contributed by atoms with Crippen LogP contribution in [0, 0.1) is 0 Å². The lowest BCUT2D eigenvalue weighted by atomic mass is 10.1. The lowest BCUT2D eigenvalue weighted by Crippen LogP contribution is -2.48. The van der Waals surface area contributed by atoms with Crippen molar-refractivity contribution in [3.63, 3.8) is 0 Å². The molecule has 3 N–H and O–H groups in total. The molecule has 0 bridgehead atoms. The Morgan fingerprint density at radius 3 is 2.34 bits per heavy atom. The maximum absolute atomic E-state index is 12.3. The number of carbonyl (C=O) groups excluding carboxylic acids is 2. The minimum Gasteiger partial charge on any atom is -0.450 e. The van der Waals surface area contributed by atoms with Crippen LogP contribution in [0.15, 0.2) is 29.3 Å². The summed E-state index contributed by atoms with van der Waals surface area (Å²) in [5.74, 6) is 0.434. The molecule has 1 aromatic carbocycles. The number of hydrogen-bond donors (Lipinski definition) is 2. The van der Waals surface area contributed by atoms with Crippen LogP contribution in [0.2, 0.25) is 0 Å². The normalized spacial score (nSPS) is 15.1. The van der Waals surface area contributed by atoms with Gasteiger partial charge in [0.25, 0.3) is 5.91 Å². The SMILES string of the molecule is CCOC(=O)N1CCC(NC(N)=NCc2ccc(C(=O)N(CC)CC)cc2)CC1. The molecule has 8 heteroatoms. The van der Waals surface area contributed by atoms with Crippen molar-refractivity contribution < 1.29 is 14.3 Å². The number of carbonyl (C=O) groups is 2. The Hall–Kier alpha value is -2.77. The summed E-state index contributed by atoms with van der Waals surface area (Å²) in [7, 11) is 0. The van der Waals surface area contributed by atoms with Gasteiger partial charge in [0.05, 0.1) is 13.2 Å². The van der Waals surface area contributed by atoms with Gasteiger partial charge < -0.3 is 25.6 Å². The van der Waals surface area contributed by atoms with E-state index in [0.717, 1.165) is 18.4 Å². The molecule has 2 amide bonds. The first-order chi connectivity index (χ1) is 14.0. The second-order valence-electron chi connectivity index (χ2n) is 6.98. The van der Waals surface area contributed by atoms with Crippen LogP contribution in [0.1, 0.15) is 49.5 Å². The van der Waals surface area contributed by atoms with Gasteiger partial charge in [-0.2, -0.15) is 0 Å². The second kappa shape index (κ2) is 11.3. The van der Waals surface area contributed by atoms with Crippen molar-refractivity contribution in [3.05, 3.63) is 35.4 Å². The number of amides is 2. The lowest BCUT2D eigenvalue weighted by molar-refractivity contribution is 0.0772. The van der Waals surface area contributed by atoms with Gasteiger partial charge in [-0.05, 0) is 51.3 Å². The Balaban J connectivity index is 1.81. The van der Waals surface area contributed by atoms with Crippen LogP contribution in [0.5, 0.6) is 0 Å². The number of guanidine groups is 1. The summed E-state index contributed by atoms with van der Waals surface area (Å²) in [5.41, 5.74) is 7.69. The summed E-state index contributed by atoms with van der Waals surface area (Å²) in [6.45, 7) is 9.27. The number of rotatable bonds is 7. The largest absolute Gasteiger partial charge is 0.450 e. The van der Waals surface area contributed by atoms with Crippen LogP contribution >= 0.6 is 0 Å². The van der Waals surface area contributed by atoms with E-state index in [2.05, 4.69) is 10.3 Å². The molecule has 0 saturated carbocycles. The first-order valence-corrected chi connectivity index (χ1v) is 10.3. The van der Waals surface area contributed by atoms with Gasteiger partial charge in [0.1, 0.15) is 0 Å². The maximum Gasteiger partial charge on any atom is 0.409 e. The zero-order valence-electron chi connectivity index (χ0n) is 17.7. The van der Waals surface area contributed by atoms with Gasteiger partial charge in [-0.25, -0.2) is 9.79 Å².